The molecule has 0 aromatic carbocycles. The molecule has 0 aliphatic carbocycles. The van der Waals surface area contributed by atoms with Crippen LogP contribution in [0.4, 0.5) is 0 Å². The molecule has 0 aliphatic heterocycles. The molecule has 0 rings (SSSR count). The molecule has 4 amide bonds. The van der Waals surface area contributed by atoms with Crippen molar-refractivity contribution in [2.24, 2.45) is 11.7 Å². The number of ketones is 1. The molecule has 0 aromatic rings. The molecule has 7 N–H and O–H groups in total. The third-order valence-corrected chi connectivity index (χ3v) is 4.22. The molecule has 0 saturated carbocycles. The van der Waals surface area contributed by atoms with E-state index in [4.69, 9.17) is 10.8 Å². The summed E-state index contributed by atoms with van der Waals surface area (Å²) in [5, 5.41) is 18.9. The molecule has 0 aromatic heterocycles. The number of carbonyl (C=O) groups is 6. The van der Waals surface area contributed by atoms with E-state index in [1.165, 1.54) is 7.05 Å². The lowest BCUT2D eigenvalue weighted by Gasteiger charge is -2.16. The molecule has 2 atom stereocenters. The normalized spacial score (nSPS) is 12.5. The van der Waals surface area contributed by atoms with Crippen molar-refractivity contribution in [2.45, 2.75) is 58.0 Å². The van der Waals surface area contributed by atoms with Gasteiger partial charge in [-0.2, -0.15) is 0 Å². The highest BCUT2D eigenvalue weighted by Gasteiger charge is 2.21. The number of carboxylic acid groups (broad SMARTS) is 1. The van der Waals surface area contributed by atoms with E-state index in [1.54, 1.807) is 0 Å². The molecule has 0 bridgehead atoms. The van der Waals surface area contributed by atoms with E-state index in [9.17, 15) is 28.8 Å². The van der Waals surface area contributed by atoms with Gasteiger partial charge in [-0.3, -0.25) is 24.0 Å². The number of likely N-dealkylation sites (N-methyl/N-ethyl adjacent to an activating group) is 1. The lowest BCUT2D eigenvalue weighted by Crippen LogP contribution is -2.46. The largest absolute Gasteiger partial charge is 0.480 e. The van der Waals surface area contributed by atoms with Crippen molar-refractivity contribution in [2.75, 3.05) is 20.1 Å². The lowest BCUT2D eigenvalue weighted by molar-refractivity contribution is -0.142. The molecule has 31 heavy (non-hydrogen) atoms. The fraction of sp³-hybridized carbons (Fsp3) is 0.684. The highest BCUT2D eigenvalue weighted by molar-refractivity contribution is 5.92. The number of amides is 4. The maximum atomic E-state index is 12.0. The van der Waals surface area contributed by atoms with Crippen LogP contribution in [0.5, 0.6) is 0 Å². The van der Waals surface area contributed by atoms with E-state index in [1.807, 2.05) is 13.8 Å². The quantitative estimate of drug-likeness (QED) is 0.158. The third kappa shape index (κ3) is 13.8. The Morgan fingerprint density at radius 3 is 2.03 bits per heavy atom. The van der Waals surface area contributed by atoms with Gasteiger partial charge >= 0.3 is 5.97 Å². The number of rotatable bonds is 16. The van der Waals surface area contributed by atoms with Crippen LogP contribution >= 0.6 is 0 Å². The van der Waals surface area contributed by atoms with Crippen molar-refractivity contribution in [3.8, 4) is 0 Å². The van der Waals surface area contributed by atoms with Crippen LogP contribution in [0.1, 0.15) is 46.0 Å². The van der Waals surface area contributed by atoms with Gasteiger partial charge in [-0.25, -0.2) is 4.79 Å². The average molecular weight is 444 g/mol. The lowest BCUT2D eigenvalue weighted by atomic mass is 10.0. The fourth-order valence-corrected chi connectivity index (χ4v) is 2.55. The highest BCUT2D eigenvalue weighted by atomic mass is 16.4. The maximum absolute atomic E-state index is 12.0. The van der Waals surface area contributed by atoms with E-state index >= 15 is 0 Å². The number of nitrogens with one attached hydrogen (secondary N) is 4. The van der Waals surface area contributed by atoms with Gasteiger partial charge in [0, 0.05) is 19.3 Å². The number of carbonyl (C=O) groups excluding carboxylic acids is 5. The standard InChI is InChI=1S/C19H33N5O7/c1-11(2)8-14(19(30)31)24-17(28)10-22-16(27)7-4-12(25)9-23-18(29)13(21-3)5-6-15(20)26/h11,13-14,21H,4-10H2,1-3H3,(H2,20,26)(H,22,27)(H,23,29)(H,24,28)(H,30,31). The first kappa shape index (κ1) is 28.0. The topological polar surface area (TPSA) is 197 Å². The minimum atomic E-state index is -1.16. The van der Waals surface area contributed by atoms with Crippen molar-refractivity contribution in [1.82, 2.24) is 21.3 Å². The van der Waals surface area contributed by atoms with Gasteiger partial charge in [0.15, 0.2) is 5.78 Å². The van der Waals surface area contributed by atoms with Gasteiger partial charge in [0.05, 0.1) is 19.1 Å². The Balaban J connectivity index is 4.21. The molecule has 0 radical (unpaired) electrons. The molecule has 12 nitrogen and oxygen atoms in total. The van der Waals surface area contributed by atoms with E-state index in [0.29, 0.717) is 0 Å². The van der Waals surface area contributed by atoms with Gasteiger partial charge < -0.3 is 32.1 Å². The Bertz CT molecular complexity index is 666. The maximum Gasteiger partial charge on any atom is 0.326 e. The van der Waals surface area contributed by atoms with Crippen LogP contribution in [-0.2, 0) is 28.8 Å². The van der Waals surface area contributed by atoms with Gasteiger partial charge in [-0.15, -0.1) is 0 Å². The van der Waals surface area contributed by atoms with Gasteiger partial charge in [0.25, 0.3) is 0 Å². The zero-order valence-electron chi connectivity index (χ0n) is 18.2. The molecule has 176 valence electrons. The highest BCUT2D eigenvalue weighted by Crippen LogP contribution is 2.04. The number of aliphatic carboxylic acids is 1. The first-order valence-corrected chi connectivity index (χ1v) is 10.00. The summed E-state index contributed by atoms with van der Waals surface area (Å²) in [6.45, 7) is 2.96. The van der Waals surface area contributed by atoms with Crippen molar-refractivity contribution >= 4 is 35.4 Å². The summed E-state index contributed by atoms with van der Waals surface area (Å²) in [4.78, 5) is 69.3. The second-order valence-electron chi connectivity index (χ2n) is 7.47. The van der Waals surface area contributed by atoms with Crippen LogP contribution in [0.2, 0.25) is 0 Å². The molecule has 0 fully saturated rings. The van der Waals surface area contributed by atoms with Crippen LogP contribution < -0.4 is 27.0 Å². The third-order valence-electron chi connectivity index (χ3n) is 4.22. The summed E-state index contributed by atoms with van der Waals surface area (Å²) in [6, 6.07) is -1.72. The zero-order chi connectivity index (χ0) is 24.0. The molecule has 2 unspecified atom stereocenters. The number of carboxylic acids is 1. The minimum absolute atomic E-state index is 0.0192. The van der Waals surface area contributed by atoms with E-state index in [0.717, 1.165) is 0 Å². The Kier molecular flexibility index (Phi) is 13.4. The van der Waals surface area contributed by atoms with Gasteiger partial charge in [-0.1, -0.05) is 13.8 Å². The van der Waals surface area contributed by atoms with Crippen LogP contribution in [0.3, 0.4) is 0 Å². The first-order chi connectivity index (χ1) is 14.5. The van der Waals surface area contributed by atoms with E-state index < -0.39 is 48.2 Å². The Labute approximate surface area is 181 Å². The summed E-state index contributed by atoms with van der Waals surface area (Å²) in [5.74, 6) is -3.69. The summed E-state index contributed by atoms with van der Waals surface area (Å²) in [5.41, 5.74) is 5.04. The second kappa shape index (κ2) is 14.9. The van der Waals surface area contributed by atoms with E-state index in [-0.39, 0.29) is 50.4 Å². The van der Waals surface area contributed by atoms with Gasteiger partial charge in [0.1, 0.15) is 6.04 Å². The number of hydrogen-bond donors (Lipinski definition) is 6. The number of nitrogens with two attached hydrogens (primary N) is 1. The Morgan fingerprint density at radius 1 is 0.871 bits per heavy atom. The smallest absolute Gasteiger partial charge is 0.326 e. The number of Topliss-reactive ketones (excluding diaryl/α,β-unsaturated/α-hetero) is 1. The SMILES string of the molecule is CNC(CCC(N)=O)C(=O)NCC(=O)CCC(=O)NCC(=O)NC(CC(C)C)C(=O)O. The summed E-state index contributed by atoms with van der Waals surface area (Å²) in [7, 11) is 1.54. The molecule has 0 heterocycles. The first-order valence-electron chi connectivity index (χ1n) is 10.00. The van der Waals surface area contributed by atoms with Gasteiger partial charge in [0.2, 0.25) is 23.6 Å². The zero-order valence-corrected chi connectivity index (χ0v) is 18.2. The van der Waals surface area contributed by atoms with E-state index in [2.05, 4.69) is 21.3 Å². The molecular formula is C19H33N5O7. The van der Waals surface area contributed by atoms with Crippen LogP contribution in [0.25, 0.3) is 0 Å². The number of hydrogen-bond acceptors (Lipinski definition) is 7. The Morgan fingerprint density at radius 2 is 1.52 bits per heavy atom. The predicted octanol–water partition coefficient (Wildman–Crippen LogP) is -1.96. The molecule has 0 spiro atoms. The van der Waals surface area contributed by atoms with Gasteiger partial charge in [-0.05, 0) is 25.8 Å². The summed E-state index contributed by atoms with van der Waals surface area (Å²) >= 11 is 0. The Hall–Kier alpha value is -3.02. The monoisotopic (exact) mass is 443 g/mol. The molecule has 0 aliphatic rings. The van der Waals surface area contributed by atoms with Crippen LogP contribution in [-0.4, -0.2) is 72.7 Å². The van der Waals surface area contributed by atoms with Crippen LogP contribution in [0, 0.1) is 5.92 Å². The van der Waals surface area contributed by atoms with Crippen LogP contribution in [0.15, 0.2) is 0 Å². The average Bonchev–Trinajstić information content (AvgIpc) is 2.68. The predicted molar refractivity (Wildman–Crippen MR) is 111 cm³/mol. The van der Waals surface area contributed by atoms with Crippen molar-refractivity contribution in [3.63, 3.8) is 0 Å². The minimum Gasteiger partial charge on any atom is -0.480 e. The second-order valence-corrected chi connectivity index (χ2v) is 7.47. The number of primary amides is 1. The molecular weight excluding hydrogens is 410 g/mol. The fourth-order valence-electron chi connectivity index (χ4n) is 2.55. The summed E-state index contributed by atoms with van der Waals surface area (Å²) in [6.07, 6.45) is 0.130. The van der Waals surface area contributed by atoms with Crippen molar-refractivity contribution in [1.29, 1.82) is 0 Å². The van der Waals surface area contributed by atoms with Crippen molar-refractivity contribution in [3.05, 3.63) is 0 Å². The molecule has 0 saturated heterocycles. The van der Waals surface area contributed by atoms with Crippen molar-refractivity contribution < 1.29 is 33.9 Å². The summed E-state index contributed by atoms with van der Waals surface area (Å²) < 4.78 is 0. The molecule has 12 heteroatoms.